The van der Waals surface area contributed by atoms with Crippen molar-refractivity contribution in [2.45, 2.75) is 0 Å². The van der Waals surface area contributed by atoms with Crippen molar-refractivity contribution in [3.05, 3.63) is 146 Å². The average molecular weight is 715 g/mol. The third-order valence-corrected chi connectivity index (χ3v) is 11.4. The summed E-state index contributed by atoms with van der Waals surface area (Å²) >= 11 is 0. The van der Waals surface area contributed by atoms with Crippen molar-refractivity contribution in [3.63, 3.8) is 0 Å². The van der Waals surface area contributed by atoms with Crippen LogP contribution in [0.4, 0.5) is 0 Å². The molecule has 0 unspecified atom stereocenters. The number of nitrogens with one attached hydrogen (secondary N) is 2. The number of hydrogen-bond acceptors (Lipinski definition) is 6. The van der Waals surface area contributed by atoms with Crippen LogP contribution in [0, 0.1) is 0 Å². The van der Waals surface area contributed by atoms with Gasteiger partial charge in [-0.05, 0) is 67.4 Å². The first kappa shape index (κ1) is 29.6. The van der Waals surface area contributed by atoms with Gasteiger partial charge in [0.05, 0.1) is 0 Å². The van der Waals surface area contributed by atoms with Gasteiger partial charge in [-0.15, -0.1) is 0 Å². The average Bonchev–Trinajstić information content (AvgIpc) is 3.99. The smallest absolute Gasteiger partial charge is 0.165 e. The summed E-state index contributed by atoms with van der Waals surface area (Å²) in [5, 5.41) is 12.5. The van der Waals surface area contributed by atoms with Gasteiger partial charge in [0, 0.05) is 43.8 Å². The Balaban J connectivity index is 1.28. The summed E-state index contributed by atoms with van der Waals surface area (Å²) in [4.78, 5) is 39.2. The maximum absolute atomic E-state index is 5.42. The number of rotatable bonds is 0. The van der Waals surface area contributed by atoms with Gasteiger partial charge in [-0.25, -0.2) is 29.9 Å². The molecule has 8 bridgehead atoms. The SMILES string of the molecule is c1ccc2c3c(ccc2c1)-c1nc-3nc2[nH]c(nc3nc(nc4[nH]c(n1)c1ccc5ccccc5c41)-c1ccc4ccccc4c1-3)c1c3ccccc3ccc21. The monoisotopic (exact) mass is 714 g/mol. The largest absolute Gasteiger partial charge is 0.324 e. The molecule has 13 rings (SSSR count). The van der Waals surface area contributed by atoms with E-state index in [0.717, 1.165) is 86.9 Å². The molecule has 11 aromatic rings. The molecule has 8 nitrogen and oxygen atoms in total. The van der Waals surface area contributed by atoms with Gasteiger partial charge in [-0.1, -0.05) is 121 Å². The van der Waals surface area contributed by atoms with Crippen LogP contribution >= 0.6 is 0 Å². The maximum Gasteiger partial charge on any atom is 0.165 e. The first-order valence-corrected chi connectivity index (χ1v) is 18.6. The number of H-pyrrole nitrogens is 2. The van der Waals surface area contributed by atoms with Crippen molar-refractivity contribution in [3.8, 4) is 45.6 Å². The number of aromatic nitrogens is 8. The van der Waals surface area contributed by atoms with E-state index in [1.165, 1.54) is 0 Å². The molecular weight excluding hydrogens is 689 g/mol. The number of benzene rings is 8. The molecule has 3 aromatic heterocycles. The first-order chi connectivity index (χ1) is 27.7. The van der Waals surface area contributed by atoms with Crippen LogP contribution in [-0.4, -0.2) is 39.9 Å². The van der Waals surface area contributed by atoms with Crippen LogP contribution in [0.5, 0.6) is 0 Å². The maximum atomic E-state index is 5.42. The number of fused-ring (bicyclic) bond motifs is 28. The summed E-state index contributed by atoms with van der Waals surface area (Å²) in [6, 6.07) is 50.5. The van der Waals surface area contributed by atoms with Gasteiger partial charge in [0.1, 0.15) is 22.6 Å². The fourth-order valence-electron chi connectivity index (χ4n) is 8.86. The minimum atomic E-state index is 0.579. The van der Waals surface area contributed by atoms with Crippen LogP contribution in [0.15, 0.2) is 146 Å². The summed E-state index contributed by atoms with van der Waals surface area (Å²) < 4.78 is 0. The van der Waals surface area contributed by atoms with E-state index in [1.807, 2.05) is 0 Å². The summed E-state index contributed by atoms with van der Waals surface area (Å²) in [5.41, 5.74) is 6.40. The lowest BCUT2D eigenvalue weighted by molar-refractivity contribution is 1.19. The fourth-order valence-corrected chi connectivity index (χ4v) is 8.86. The summed E-state index contributed by atoms with van der Waals surface area (Å²) in [6.45, 7) is 0. The van der Waals surface area contributed by atoms with E-state index in [1.54, 1.807) is 0 Å². The van der Waals surface area contributed by atoms with Crippen molar-refractivity contribution < 1.29 is 0 Å². The van der Waals surface area contributed by atoms with Crippen molar-refractivity contribution in [2.24, 2.45) is 0 Å². The van der Waals surface area contributed by atoms with Gasteiger partial charge in [0.25, 0.3) is 0 Å². The summed E-state index contributed by atoms with van der Waals surface area (Å²) in [6.07, 6.45) is 0. The zero-order valence-corrected chi connectivity index (χ0v) is 29.5. The normalized spacial score (nSPS) is 12.3. The summed E-state index contributed by atoms with van der Waals surface area (Å²) in [5.74, 6) is 2.33. The van der Waals surface area contributed by atoms with E-state index in [2.05, 4.69) is 156 Å². The predicted octanol–water partition coefficient (Wildman–Crippen LogP) is 11.5. The van der Waals surface area contributed by atoms with Crippen LogP contribution in [-0.2, 0) is 0 Å². The van der Waals surface area contributed by atoms with Crippen molar-refractivity contribution in [2.75, 3.05) is 0 Å². The topological polar surface area (TPSA) is 109 Å². The second-order valence-electron chi connectivity index (χ2n) is 14.4. The predicted molar refractivity (Wildman–Crippen MR) is 226 cm³/mol. The van der Waals surface area contributed by atoms with E-state index in [4.69, 9.17) is 29.9 Å². The first-order valence-electron chi connectivity index (χ1n) is 18.6. The Hall–Kier alpha value is -7.84. The molecule has 2 aliphatic heterocycles. The molecule has 0 atom stereocenters. The zero-order valence-electron chi connectivity index (χ0n) is 29.5. The van der Waals surface area contributed by atoms with Gasteiger partial charge >= 0.3 is 0 Å². The van der Waals surface area contributed by atoms with E-state index in [9.17, 15) is 0 Å². The van der Waals surface area contributed by atoms with Gasteiger partial charge in [-0.3, -0.25) is 0 Å². The number of hydrogen-bond donors (Lipinski definition) is 2. The molecule has 0 fully saturated rings. The Morgan fingerprint density at radius 3 is 1.11 bits per heavy atom. The molecule has 5 heterocycles. The molecule has 0 saturated heterocycles. The molecule has 0 radical (unpaired) electrons. The fraction of sp³-hybridized carbons (Fsp3) is 0. The van der Waals surface area contributed by atoms with Gasteiger partial charge in [0.2, 0.25) is 0 Å². The minimum Gasteiger partial charge on any atom is -0.324 e. The van der Waals surface area contributed by atoms with Crippen LogP contribution in [0.3, 0.4) is 0 Å². The molecule has 0 aliphatic carbocycles. The molecule has 8 heteroatoms. The highest BCUT2D eigenvalue weighted by Crippen LogP contribution is 2.43. The van der Waals surface area contributed by atoms with E-state index in [0.29, 0.717) is 45.9 Å². The lowest BCUT2D eigenvalue weighted by Crippen LogP contribution is -1.85. The van der Waals surface area contributed by atoms with Crippen LogP contribution in [0.2, 0.25) is 0 Å². The molecule has 0 saturated carbocycles. The molecule has 56 heavy (non-hydrogen) atoms. The quantitative estimate of drug-likeness (QED) is 0.162. The van der Waals surface area contributed by atoms with Gasteiger partial charge < -0.3 is 9.97 Å². The molecule has 0 amide bonds. The Labute approximate surface area is 317 Å². The minimum absolute atomic E-state index is 0.579. The van der Waals surface area contributed by atoms with Crippen LogP contribution < -0.4 is 0 Å². The van der Waals surface area contributed by atoms with Crippen LogP contribution in [0.1, 0.15) is 0 Å². The molecule has 2 aliphatic rings. The molecule has 2 N–H and O–H groups in total. The van der Waals surface area contributed by atoms with E-state index >= 15 is 0 Å². The Kier molecular flexibility index (Phi) is 5.74. The Bertz CT molecular complexity index is 3730. The highest BCUT2D eigenvalue weighted by molar-refractivity contribution is 6.20. The van der Waals surface area contributed by atoms with Crippen molar-refractivity contribution in [1.29, 1.82) is 0 Å². The van der Waals surface area contributed by atoms with E-state index in [-0.39, 0.29) is 0 Å². The van der Waals surface area contributed by atoms with Crippen LogP contribution in [0.25, 0.3) is 133 Å². The van der Waals surface area contributed by atoms with Crippen molar-refractivity contribution in [1.82, 2.24) is 39.9 Å². The van der Waals surface area contributed by atoms with Gasteiger partial charge in [-0.2, -0.15) is 0 Å². The third kappa shape index (κ3) is 4.07. The van der Waals surface area contributed by atoms with Gasteiger partial charge in [0.15, 0.2) is 23.3 Å². The lowest BCUT2D eigenvalue weighted by atomic mass is 9.99. The van der Waals surface area contributed by atoms with E-state index < -0.39 is 0 Å². The third-order valence-electron chi connectivity index (χ3n) is 11.4. The highest BCUT2D eigenvalue weighted by Gasteiger charge is 2.25. The molecule has 8 aromatic carbocycles. The second-order valence-corrected chi connectivity index (χ2v) is 14.4. The lowest BCUT2D eigenvalue weighted by Gasteiger charge is -2.04. The highest BCUT2D eigenvalue weighted by atomic mass is 15.1. The Morgan fingerprint density at radius 2 is 0.625 bits per heavy atom. The zero-order chi connectivity index (χ0) is 36.5. The molecule has 0 spiro atoms. The second kappa shape index (κ2) is 10.9. The summed E-state index contributed by atoms with van der Waals surface area (Å²) in [7, 11) is 0. The standard InChI is InChI=1S/C48H26N8/c1-5-13-29-25(9-1)17-21-33-37(29)45-50-41(33)49-42-34-22-18-26-10-2-6-14-30(26)38(34)46(51-42)53-44-36-24-20-28-12-4-8-16-32(28)40(36)48(55-44)56-47-39-31-15-7-3-11-27(31)19-23-35(39)43(52-45)54-47/h1-24H,(H2,49,50,51,52,53,54,55,56). The Morgan fingerprint density at radius 1 is 0.268 bits per heavy atom. The molecule has 258 valence electrons. The number of nitrogens with zero attached hydrogens (tertiary/aromatic N) is 6. The van der Waals surface area contributed by atoms with Crippen molar-refractivity contribution >= 4 is 87.2 Å². The number of aromatic amines is 2. The molecular formula is C48H26N8.